The number of aliphatic hydroxyl groups is 1. The molecule has 4 heteroatoms. The minimum Gasteiger partial charge on any atom is -0.396 e. The van der Waals surface area contributed by atoms with Crippen molar-refractivity contribution in [3.05, 3.63) is 35.4 Å². The summed E-state index contributed by atoms with van der Waals surface area (Å²) in [6, 6.07) is 3.96. The molecular formula is C13H17F2NO. The van der Waals surface area contributed by atoms with Gasteiger partial charge in [-0.1, -0.05) is 6.07 Å². The molecule has 1 saturated heterocycles. The number of likely N-dealkylation sites (tertiary alicyclic amines) is 1. The molecular weight excluding hydrogens is 224 g/mol. The quantitative estimate of drug-likeness (QED) is 0.873. The molecule has 1 unspecified atom stereocenters. The minimum atomic E-state index is -0.476. The van der Waals surface area contributed by atoms with E-state index in [1.165, 1.54) is 18.2 Å². The van der Waals surface area contributed by atoms with Gasteiger partial charge in [-0.2, -0.15) is 0 Å². The van der Waals surface area contributed by atoms with Crippen molar-refractivity contribution in [2.45, 2.75) is 19.4 Å². The Hall–Kier alpha value is -1.00. The highest BCUT2D eigenvalue weighted by Gasteiger charge is 2.23. The summed E-state index contributed by atoms with van der Waals surface area (Å²) in [5.41, 5.74) is 0.150. The van der Waals surface area contributed by atoms with Gasteiger partial charge in [-0.25, -0.2) is 8.78 Å². The van der Waals surface area contributed by atoms with Crippen molar-refractivity contribution in [3.8, 4) is 0 Å². The number of hydrogen-bond acceptors (Lipinski definition) is 2. The first kappa shape index (κ1) is 12.5. The Labute approximate surface area is 99.9 Å². The van der Waals surface area contributed by atoms with Crippen molar-refractivity contribution in [3.63, 3.8) is 0 Å². The normalized spacial score (nSPS) is 21.0. The van der Waals surface area contributed by atoms with Crippen LogP contribution in [0.2, 0.25) is 0 Å². The van der Waals surface area contributed by atoms with Crippen molar-refractivity contribution < 1.29 is 13.9 Å². The molecule has 0 aliphatic carbocycles. The van der Waals surface area contributed by atoms with Crippen LogP contribution in [-0.2, 0) is 6.54 Å². The number of hydrogen-bond donors (Lipinski definition) is 1. The highest BCUT2D eigenvalue weighted by atomic mass is 19.1. The molecule has 1 heterocycles. The highest BCUT2D eigenvalue weighted by molar-refractivity contribution is 5.19. The van der Waals surface area contributed by atoms with Crippen LogP contribution in [0.1, 0.15) is 18.4 Å². The summed E-state index contributed by atoms with van der Waals surface area (Å²) in [4.78, 5) is 2.04. The van der Waals surface area contributed by atoms with Crippen molar-refractivity contribution in [2.24, 2.45) is 5.92 Å². The first-order chi connectivity index (χ1) is 8.20. The Morgan fingerprint density at radius 3 is 2.65 bits per heavy atom. The summed E-state index contributed by atoms with van der Waals surface area (Å²) >= 11 is 0. The van der Waals surface area contributed by atoms with Crippen LogP contribution in [0.3, 0.4) is 0 Å². The average Bonchev–Trinajstić information content (AvgIpc) is 2.72. The molecule has 1 N–H and O–H groups in total. The van der Waals surface area contributed by atoms with E-state index in [1.54, 1.807) is 0 Å². The number of halogens is 2. The van der Waals surface area contributed by atoms with E-state index in [2.05, 4.69) is 0 Å². The van der Waals surface area contributed by atoms with E-state index >= 15 is 0 Å². The van der Waals surface area contributed by atoms with Gasteiger partial charge in [0.2, 0.25) is 0 Å². The van der Waals surface area contributed by atoms with E-state index in [0.29, 0.717) is 12.5 Å². The standard InChI is InChI=1S/C13H17F2NO/c14-12-2-1-3-13(15)11(12)9-16-6-4-10(8-16)5-7-17/h1-3,10,17H,4-9H2. The molecule has 1 fully saturated rings. The Morgan fingerprint density at radius 1 is 1.29 bits per heavy atom. The maximum absolute atomic E-state index is 13.4. The number of rotatable bonds is 4. The molecule has 0 amide bonds. The van der Waals surface area contributed by atoms with Gasteiger partial charge in [-0.05, 0) is 37.4 Å². The maximum atomic E-state index is 13.4. The second-order valence-electron chi connectivity index (χ2n) is 4.60. The molecule has 1 aromatic rings. The molecule has 94 valence electrons. The molecule has 0 saturated carbocycles. The summed E-state index contributed by atoms with van der Waals surface area (Å²) in [7, 11) is 0. The third kappa shape index (κ3) is 3.01. The summed E-state index contributed by atoms with van der Waals surface area (Å²) < 4.78 is 26.9. The highest BCUT2D eigenvalue weighted by Crippen LogP contribution is 2.23. The largest absolute Gasteiger partial charge is 0.396 e. The fourth-order valence-corrected chi connectivity index (χ4v) is 2.38. The van der Waals surface area contributed by atoms with Crippen molar-refractivity contribution in [1.29, 1.82) is 0 Å². The van der Waals surface area contributed by atoms with Crippen LogP contribution in [0.15, 0.2) is 18.2 Å². The fourth-order valence-electron chi connectivity index (χ4n) is 2.38. The van der Waals surface area contributed by atoms with Crippen LogP contribution in [0.25, 0.3) is 0 Å². The van der Waals surface area contributed by atoms with E-state index in [9.17, 15) is 8.78 Å². The van der Waals surface area contributed by atoms with Gasteiger partial charge < -0.3 is 5.11 Å². The van der Waals surface area contributed by atoms with Crippen LogP contribution in [0.4, 0.5) is 8.78 Å². The van der Waals surface area contributed by atoms with Crippen LogP contribution in [0, 0.1) is 17.6 Å². The third-order valence-corrected chi connectivity index (χ3v) is 3.35. The molecule has 1 aliphatic rings. The fraction of sp³-hybridized carbons (Fsp3) is 0.538. The number of benzene rings is 1. The SMILES string of the molecule is OCCC1CCN(Cc2c(F)cccc2F)C1. The molecule has 1 aromatic carbocycles. The third-order valence-electron chi connectivity index (χ3n) is 3.35. The molecule has 0 spiro atoms. The van der Waals surface area contributed by atoms with E-state index in [1.807, 2.05) is 4.90 Å². The molecule has 1 aliphatic heterocycles. The van der Waals surface area contributed by atoms with Crippen molar-refractivity contribution >= 4 is 0 Å². The lowest BCUT2D eigenvalue weighted by Gasteiger charge is -2.16. The van der Waals surface area contributed by atoms with Gasteiger partial charge in [0.15, 0.2) is 0 Å². The molecule has 1 atom stereocenters. The summed E-state index contributed by atoms with van der Waals surface area (Å²) in [6.07, 6.45) is 1.77. The number of nitrogens with zero attached hydrogens (tertiary/aromatic N) is 1. The summed E-state index contributed by atoms with van der Waals surface area (Å²) in [5, 5.41) is 8.85. The van der Waals surface area contributed by atoms with Gasteiger partial charge in [0, 0.05) is 25.3 Å². The predicted octanol–water partition coefficient (Wildman–Crippen LogP) is 2.17. The van der Waals surface area contributed by atoms with E-state index in [4.69, 9.17) is 5.11 Å². The van der Waals surface area contributed by atoms with Gasteiger partial charge in [0.25, 0.3) is 0 Å². The van der Waals surface area contributed by atoms with Gasteiger partial charge in [0.1, 0.15) is 11.6 Å². The van der Waals surface area contributed by atoms with Crippen molar-refractivity contribution in [1.82, 2.24) is 4.90 Å². The second-order valence-corrected chi connectivity index (χ2v) is 4.60. The van der Waals surface area contributed by atoms with Crippen molar-refractivity contribution in [2.75, 3.05) is 19.7 Å². The number of aliphatic hydroxyl groups excluding tert-OH is 1. The Kier molecular flexibility index (Phi) is 4.07. The van der Waals surface area contributed by atoms with Crippen LogP contribution in [0.5, 0.6) is 0 Å². The van der Waals surface area contributed by atoms with Gasteiger partial charge in [-0.3, -0.25) is 4.90 Å². The minimum absolute atomic E-state index is 0.150. The zero-order valence-corrected chi connectivity index (χ0v) is 9.70. The lowest BCUT2D eigenvalue weighted by atomic mass is 10.1. The zero-order chi connectivity index (χ0) is 12.3. The van der Waals surface area contributed by atoms with Gasteiger partial charge in [0.05, 0.1) is 0 Å². The lowest BCUT2D eigenvalue weighted by molar-refractivity contribution is 0.248. The van der Waals surface area contributed by atoms with Crippen LogP contribution < -0.4 is 0 Å². The molecule has 0 radical (unpaired) electrons. The first-order valence-corrected chi connectivity index (χ1v) is 5.97. The molecule has 2 nitrogen and oxygen atoms in total. The zero-order valence-electron chi connectivity index (χ0n) is 9.70. The average molecular weight is 241 g/mol. The predicted molar refractivity (Wildman–Crippen MR) is 61.4 cm³/mol. The molecule has 2 rings (SSSR count). The first-order valence-electron chi connectivity index (χ1n) is 5.97. The molecule has 17 heavy (non-hydrogen) atoms. The summed E-state index contributed by atoms with van der Waals surface area (Å²) in [6.45, 7) is 2.17. The van der Waals surface area contributed by atoms with E-state index < -0.39 is 11.6 Å². The Balaban J connectivity index is 1.98. The topological polar surface area (TPSA) is 23.5 Å². The lowest BCUT2D eigenvalue weighted by Crippen LogP contribution is -2.21. The van der Waals surface area contributed by atoms with E-state index in [-0.39, 0.29) is 12.2 Å². The van der Waals surface area contributed by atoms with Crippen LogP contribution >= 0.6 is 0 Å². The maximum Gasteiger partial charge on any atom is 0.130 e. The Morgan fingerprint density at radius 2 is 2.00 bits per heavy atom. The van der Waals surface area contributed by atoms with Crippen LogP contribution in [-0.4, -0.2) is 29.7 Å². The molecule has 0 aromatic heterocycles. The summed E-state index contributed by atoms with van der Waals surface area (Å²) in [5.74, 6) is -0.499. The monoisotopic (exact) mass is 241 g/mol. The Bertz CT molecular complexity index is 363. The molecule has 0 bridgehead atoms. The van der Waals surface area contributed by atoms with E-state index in [0.717, 1.165) is 25.9 Å². The second kappa shape index (κ2) is 5.56. The van der Waals surface area contributed by atoms with Gasteiger partial charge >= 0.3 is 0 Å². The van der Waals surface area contributed by atoms with Gasteiger partial charge in [-0.15, -0.1) is 0 Å². The smallest absolute Gasteiger partial charge is 0.130 e.